The molecule has 0 saturated carbocycles. The van der Waals surface area contributed by atoms with Gasteiger partial charge in [0.1, 0.15) is 17.6 Å². The average Bonchev–Trinajstić information content (AvgIpc) is 3.33. The molecule has 1 atom stereocenters. The van der Waals surface area contributed by atoms with Crippen LogP contribution in [0.2, 0.25) is 0 Å². The van der Waals surface area contributed by atoms with E-state index in [1.807, 2.05) is 6.07 Å². The van der Waals surface area contributed by atoms with Crippen molar-refractivity contribution in [2.45, 2.75) is 51.0 Å². The van der Waals surface area contributed by atoms with Gasteiger partial charge in [0.25, 0.3) is 27.8 Å². The van der Waals surface area contributed by atoms with Crippen molar-refractivity contribution in [3.63, 3.8) is 0 Å². The highest BCUT2D eigenvalue weighted by atomic mass is 32.2. The van der Waals surface area contributed by atoms with Crippen molar-refractivity contribution in [3.05, 3.63) is 60.4 Å². The number of rotatable bonds is 18. The molecule has 3 heterocycles. The first-order chi connectivity index (χ1) is 21.5. The standard InChI is InChI=1S/C31H34N4O9S/c36-22(8-5-18-44-19-17-35-27(38)12-13-28(35)39)7-2-1-3-9-26(37)25(20-45(41,42)43)34-31(40)24-14-16-33-30-23(24)11-10-21-6-4-15-32-29(21)30/h4,6,10-16,25H,1-3,5,7-9,17-20H2,(H,34,40)(H,41,42,43). The number of nitrogens with zero attached hydrogens (tertiary/aromatic N) is 3. The normalized spacial score (nSPS) is 13.9. The molecule has 1 aliphatic heterocycles. The van der Waals surface area contributed by atoms with Gasteiger partial charge < -0.3 is 10.1 Å². The van der Waals surface area contributed by atoms with Crippen molar-refractivity contribution in [1.82, 2.24) is 20.2 Å². The van der Waals surface area contributed by atoms with Crippen molar-refractivity contribution in [3.8, 4) is 0 Å². The van der Waals surface area contributed by atoms with Gasteiger partial charge >= 0.3 is 0 Å². The molecule has 4 rings (SSSR count). The van der Waals surface area contributed by atoms with Crippen molar-refractivity contribution in [2.75, 3.05) is 25.5 Å². The lowest BCUT2D eigenvalue weighted by atomic mass is 10.0. The number of aromatic nitrogens is 2. The third-order valence-corrected chi connectivity index (χ3v) is 8.04. The maximum Gasteiger partial charge on any atom is 0.267 e. The second-order valence-electron chi connectivity index (χ2n) is 10.6. The summed E-state index contributed by atoms with van der Waals surface area (Å²) in [5.74, 6) is -2.92. The molecule has 0 aliphatic carbocycles. The highest BCUT2D eigenvalue weighted by molar-refractivity contribution is 7.85. The van der Waals surface area contributed by atoms with Crippen LogP contribution >= 0.6 is 0 Å². The Morgan fingerprint density at radius 1 is 0.867 bits per heavy atom. The number of carbonyl (C=O) groups is 5. The molecule has 1 aromatic carbocycles. The van der Waals surface area contributed by atoms with E-state index in [9.17, 15) is 36.9 Å². The fraction of sp³-hybridized carbons (Fsp3) is 0.387. The number of hydrogen-bond donors (Lipinski definition) is 2. The van der Waals surface area contributed by atoms with Gasteiger partial charge in [-0.3, -0.25) is 43.4 Å². The zero-order valence-corrected chi connectivity index (χ0v) is 25.3. The number of amides is 3. The van der Waals surface area contributed by atoms with Crippen molar-refractivity contribution in [2.24, 2.45) is 0 Å². The average molecular weight is 639 g/mol. The Hall–Kier alpha value is -4.40. The predicted molar refractivity (Wildman–Crippen MR) is 164 cm³/mol. The minimum atomic E-state index is -4.59. The van der Waals surface area contributed by atoms with Gasteiger partial charge in [-0.15, -0.1) is 0 Å². The lowest BCUT2D eigenvalue weighted by Gasteiger charge is -2.17. The molecular weight excluding hydrogens is 604 g/mol. The first-order valence-electron chi connectivity index (χ1n) is 14.6. The third kappa shape index (κ3) is 9.54. The maximum atomic E-state index is 13.2. The smallest absolute Gasteiger partial charge is 0.267 e. The number of hydrogen-bond acceptors (Lipinski definition) is 10. The van der Waals surface area contributed by atoms with Crippen LogP contribution in [0.15, 0.2) is 54.9 Å². The Kier molecular flexibility index (Phi) is 11.6. The highest BCUT2D eigenvalue weighted by Crippen LogP contribution is 2.24. The van der Waals surface area contributed by atoms with Crippen molar-refractivity contribution >= 4 is 61.2 Å². The Labute approximate surface area is 259 Å². The van der Waals surface area contributed by atoms with Gasteiger partial charge in [0, 0.05) is 61.2 Å². The zero-order chi connectivity index (χ0) is 32.4. The second kappa shape index (κ2) is 15.5. The lowest BCUT2D eigenvalue weighted by Crippen LogP contribution is -2.45. The van der Waals surface area contributed by atoms with Crippen LogP contribution in [0.5, 0.6) is 0 Å². The summed E-state index contributed by atoms with van der Waals surface area (Å²) in [6.07, 6.45) is 7.93. The van der Waals surface area contributed by atoms with E-state index in [0.29, 0.717) is 61.6 Å². The van der Waals surface area contributed by atoms with E-state index in [2.05, 4.69) is 15.3 Å². The number of fused-ring (bicyclic) bond motifs is 3. The molecule has 13 nitrogen and oxygen atoms in total. The summed E-state index contributed by atoms with van der Waals surface area (Å²) in [6, 6.07) is 7.12. The topological polar surface area (TPSA) is 190 Å². The number of Topliss-reactive ketones (excluding diaryl/α,β-unsaturated/α-hetero) is 2. The Morgan fingerprint density at radius 2 is 1.58 bits per heavy atom. The Bertz CT molecular complexity index is 1720. The number of ketones is 2. The van der Waals surface area contributed by atoms with E-state index >= 15 is 0 Å². The molecule has 0 bridgehead atoms. The highest BCUT2D eigenvalue weighted by Gasteiger charge is 2.27. The predicted octanol–water partition coefficient (Wildman–Crippen LogP) is 2.58. The summed E-state index contributed by atoms with van der Waals surface area (Å²) in [5.41, 5.74) is 1.25. The first kappa shape index (κ1) is 33.5. The third-order valence-electron chi connectivity index (χ3n) is 7.28. The fourth-order valence-corrected chi connectivity index (χ4v) is 5.68. The molecule has 0 spiro atoms. The largest absolute Gasteiger partial charge is 0.380 e. The van der Waals surface area contributed by atoms with E-state index in [1.165, 1.54) is 24.4 Å². The van der Waals surface area contributed by atoms with Gasteiger partial charge in [-0.1, -0.05) is 24.6 Å². The van der Waals surface area contributed by atoms with Crippen LogP contribution < -0.4 is 5.32 Å². The number of benzene rings is 1. The molecule has 3 amide bonds. The van der Waals surface area contributed by atoms with Crippen molar-refractivity contribution in [1.29, 1.82) is 0 Å². The fourth-order valence-electron chi connectivity index (χ4n) is 4.99. The zero-order valence-electron chi connectivity index (χ0n) is 24.5. The van der Waals surface area contributed by atoms with Gasteiger partial charge in [0.15, 0.2) is 5.78 Å². The number of unbranched alkanes of at least 4 members (excludes halogenated alkanes) is 2. The second-order valence-corrected chi connectivity index (χ2v) is 12.1. The van der Waals surface area contributed by atoms with Gasteiger partial charge in [0.05, 0.1) is 29.7 Å². The number of imide groups is 1. The molecule has 2 aromatic heterocycles. The van der Waals surface area contributed by atoms with Gasteiger partial charge in [-0.25, -0.2) is 0 Å². The first-order valence-corrected chi connectivity index (χ1v) is 16.2. The van der Waals surface area contributed by atoms with E-state index in [0.717, 1.165) is 10.3 Å². The van der Waals surface area contributed by atoms with Crippen molar-refractivity contribution < 1.29 is 41.7 Å². The maximum absolute atomic E-state index is 13.2. The molecule has 1 aliphatic rings. The summed E-state index contributed by atoms with van der Waals surface area (Å²) in [7, 11) is -4.59. The van der Waals surface area contributed by atoms with E-state index < -0.39 is 33.6 Å². The van der Waals surface area contributed by atoms with E-state index in [4.69, 9.17) is 4.74 Å². The van der Waals surface area contributed by atoms with Gasteiger partial charge in [-0.2, -0.15) is 8.42 Å². The molecule has 1 unspecified atom stereocenters. The number of nitrogens with one attached hydrogen (secondary N) is 1. The summed E-state index contributed by atoms with van der Waals surface area (Å²) in [6.45, 7) is 0.656. The van der Waals surface area contributed by atoms with Crippen LogP contribution in [-0.4, -0.2) is 88.7 Å². The minimum Gasteiger partial charge on any atom is -0.380 e. The molecule has 0 saturated heterocycles. The molecule has 2 N–H and O–H groups in total. The van der Waals surface area contributed by atoms with Crippen LogP contribution in [0.3, 0.4) is 0 Å². The lowest BCUT2D eigenvalue weighted by molar-refractivity contribution is -0.137. The van der Waals surface area contributed by atoms with E-state index in [-0.39, 0.29) is 42.7 Å². The number of ether oxygens (including phenoxy) is 1. The van der Waals surface area contributed by atoms with Crippen LogP contribution in [0.25, 0.3) is 21.8 Å². The summed E-state index contributed by atoms with van der Waals surface area (Å²) >= 11 is 0. The Balaban J connectivity index is 1.20. The summed E-state index contributed by atoms with van der Waals surface area (Å²) < 4.78 is 38.2. The van der Waals surface area contributed by atoms with Gasteiger partial charge in [0.2, 0.25) is 0 Å². The van der Waals surface area contributed by atoms with E-state index in [1.54, 1.807) is 24.4 Å². The molecule has 3 aromatic rings. The number of carbonyl (C=O) groups excluding carboxylic acids is 5. The summed E-state index contributed by atoms with van der Waals surface area (Å²) in [5, 5.41) is 3.77. The molecule has 0 fully saturated rings. The number of pyridine rings is 2. The summed E-state index contributed by atoms with van der Waals surface area (Å²) in [4.78, 5) is 71.0. The molecule has 0 radical (unpaired) electrons. The molecule has 45 heavy (non-hydrogen) atoms. The quantitative estimate of drug-likeness (QED) is 0.0901. The molecule has 238 valence electrons. The van der Waals surface area contributed by atoms with Gasteiger partial charge in [-0.05, 0) is 31.4 Å². The molecule has 14 heteroatoms. The van der Waals surface area contributed by atoms with Crippen LogP contribution in [-0.2, 0) is 34.0 Å². The van der Waals surface area contributed by atoms with Crippen LogP contribution in [0.1, 0.15) is 55.3 Å². The SMILES string of the molecule is O=C(CCCCCC(=O)C(CS(=O)(=O)O)NC(=O)c1ccnc2c1ccc1cccnc12)CCCOCCN1C(=O)C=CC1=O. The minimum absolute atomic E-state index is 0.0306. The molecular formula is C31H34N4O9S. The van der Waals surface area contributed by atoms with Crippen LogP contribution in [0.4, 0.5) is 0 Å². The monoisotopic (exact) mass is 638 g/mol. The van der Waals surface area contributed by atoms with Crippen LogP contribution in [0, 0.1) is 0 Å². The Morgan fingerprint density at radius 3 is 2.33 bits per heavy atom.